The van der Waals surface area contributed by atoms with Crippen LogP contribution in [0.5, 0.6) is 17.2 Å². The van der Waals surface area contributed by atoms with E-state index >= 15 is 0 Å². The number of thiophene rings is 1. The number of fused-ring (bicyclic) bond motifs is 1. The number of phenols is 2. The van der Waals surface area contributed by atoms with Crippen LogP contribution in [0.1, 0.15) is 67.3 Å². The predicted octanol–water partition coefficient (Wildman–Crippen LogP) is 8.67. The molecule has 0 saturated carbocycles. The molecule has 3 heterocycles. The van der Waals surface area contributed by atoms with Crippen LogP contribution < -0.4 is 20.8 Å². The number of aliphatic hydroxyl groups excluding tert-OH is 1. The van der Waals surface area contributed by atoms with Crippen molar-refractivity contribution >= 4 is 62.6 Å². The fourth-order valence-corrected chi connectivity index (χ4v) is 11.4. The smallest absolute Gasteiger partial charge is 0.271 e. The first kappa shape index (κ1) is 62.4. The fourth-order valence-electron chi connectivity index (χ4n) is 9.34. The summed E-state index contributed by atoms with van der Waals surface area (Å²) in [4.78, 5) is 61.4. The number of ether oxygens (including phenoxy) is 6. The molecule has 1 saturated heterocycles. The van der Waals surface area contributed by atoms with Crippen molar-refractivity contribution in [3.8, 4) is 49.3 Å². The lowest BCUT2D eigenvalue weighted by atomic mass is 9.85. The quantitative estimate of drug-likeness (QED) is 0.0146. The van der Waals surface area contributed by atoms with Crippen LogP contribution in [0.3, 0.4) is 0 Å². The molecule has 0 aliphatic carbocycles. The molecular weight excluding hydrogens is 1110 g/mol. The molecule has 1 aliphatic rings. The van der Waals surface area contributed by atoms with Crippen molar-refractivity contribution in [1.82, 2.24) is 25.9 Å². The van der Waals surface area contributed by atoms with E-state index in [1.165, 1.54) is 4.90 Å². The van der Waals surface area contributed by atoms with Gasteiger partial charge in [0, 0.05) is 39.1 Å². The highest BCUT2D eigenvalue weighted by Crippen LogP contribution is 2.46. The number of hydrogen-bond donors (Lipinski definition) is 6. The number of hydrazone groups is 1. The molecule has 2 aromatic heterocycles. The van der Waals surface area contributed by atoms with Crippen molar-refractivity contribution < 1.29 is 62.9 Å². The second-order valence-electron chi connectivity index (χ2n) is 21.1. The van der Waals surface area contributed by atoms with E-state index < -0.39 is 35.4 Å². The Labute approximate surface area is 496 Å². The van der Waals surface area contributed by atoms with E-state index in [2.05, 4.69) is 26.1 Å². The Morgan fingerprint density at radius 1 is 0.726 bits per heavy atom. The number of benzene rings is 5. The van der Waals surface area contributed by atoms with Gasteiger partial charge in [0.2, 0.25) is 17.7 Å². The highest BCUT2D eigenvalue weighted by Gasteiger charge is 2.44. The molecule has 5 aromatic carbocycles. The van der Waals surface area contributed by atoms with Gasteiger partial charge in [0.15, 0.2) is 0 Å². The summed E-state index contributed by atoms with van der Waals surface area (Å²) in [6.45, 7) is 12.2. The number of aromatic hydroxyl groups is 2. The van der Waals surface area contributed by atoms with E-state index in [4.69, 9.17) is 28.4 Å². The van der Waals surface area contributed by atoms with Gasteiger partial charge < -0.3 is 59.3 Å². The SMILES string of the molecule is Cc1ncsc1-c1ccc([C@H](C)NC(=O)[C@@H]2C[C@@H](O)CN2C(=O)[C@@H](NC(=O)COCCOCCOCCOCCOCCOc2ccc(/C=N/NC(=O)c3ccc(-c4c(-c5ccc(O)cc5)sc5cc(O)ccc45)cc3)cc2)C(C)(C)C)cc1. The number of aromatic nitrogens is 1. The van der Waals surface area contributed by atoms with Crippen LogP contribution >= 0.6 is 22.7 Å². The Morgan fingerprint density at radius 2 is 1.31 bits per heavy atom. The van der Waals surface area contributed by atoms with E-state index in [0.717, 1.165) is 58.9 Å². The highest BCUT2D eigenvalue weighted by atomic mass is 32.1. The number of amides is 4. The summed E-state index contributed by atoms with van der Waals surface area (Å²) in [5.74, 6) is -0.688. The van der Waals surface area contributed by atoms with Gasteiger partial charge in [0.25, 0.3) is 5.91 Å². The number of nitrogens with zero attached hydrogens (tertiary/aromatic N) is 3. The number of thiazole rings is 1. The van der Waals surface area contributed by atoms with Gasteiger partial charge in [-0.25, -0.2) is 10.4 Å². The second-order valence-corrected chi connectivity index (χ2v) is 23.0. The minimum Gasteiger partial charge on any atom is -0.508 e. The van der Waals surface area contributed by atoms with Gasteiger partial charge in [0.05, 0.1) is 93.9 Å². The first-order valence-electron chi connectivity index (χ1n) is 27.7. The summed E-state index contributed by atoms with van der Waals surface area (Å²) in [6.07, 6.45) is 0.741. The highest BCUT2D eigenvalue weighted by molar-refractivity contribution is 7.23. The Hall–Kier alpha value is -7.60. The summed E-state index contributed by atoms with van der Waals surface area (Å²) in [7, 11) is 0. The Kier molecular flexibility index (Phi) is 22.5. The minimum atomic E-state index is -0.982. The normalized spacial score (nSPS) is 15.1. The molecule has 0 bridgehead atoms. The molecule has 444 valence electrons. The van der Waals surface area contributed by atoms with E-state index in [9.17, 15) is 34.5 Å². The second kappa shape index (κ2) is 30.3. The molecule has 8 rings (SSSR count). The molecule has 0 spiro atoms. The van der Waals surface area contributed by atoms with Gasteiger partial charge >= 0.3 is 0 Å². The standard InChI is InChI=1S/C63H72N6O13S2/c1-40(43-8-12-45(13-9-43)57-41(2)64-39-83-57)66-61(75)53-34-50(72)37-69(53)62(76)59(63(3,4)5)67-55(73)38-81-31-30-79-27-26-77-24-25-78-28-29-80-32-33-82-51-21-6-42(7-22-51)36-65-68-60(74)47-14-10-44(11-15-47)56-52-23-20-49(71)35-54(52)84-58(56)46-16-18-48(70)19-17-46/h6-23,35-36,39-40,50,53,59,70-72H,24-34,37-38H2,1-5H3,(H,66,75)(H,67,73)(H,68,74)/b65-36+/t40-,50+,53-,59+/m0/s1. The van der Waals surface area contributed by atoms with Gasteiger partial charge in [0.1, 0.15) is 42.5 Å². The third-order valence-corrected chi connectivity index (χ3v) is 16.0. The van der Waals surface area contributed by atoms with Gasteiger partial charge in [-0.05, 0) is 126 Å². The molecule has 1 aliphatic heterocycles. The van der Waals surface area contributed by atoms with Crippen LogP contribution in [-0.4, -0.2) is 152 Å². The molecule has 0 radical (unpaired) electrons. The average Bonchev–Trinajstić information content (AvgIpc) is 2.63. The molecule has 6 N–H and O–H groups in total. The van der Waals surface area contributed by atoms with Crippen LogP contribution in [0.4, 0.5) is 0 Å². The molecular formula is C63H72N6O13S2. The fraction of sp³-hybridized carbons (Fsp3) is 0.365. The summed E-state index contributed by atoms with van der Waals surface area (Å²) in [6, 6.07) is 32.4. The molecule has 1 fully saturated rings. The van der Waals surface area contributed by atoms with Crippen molar-refractivity contribution in [2.75, 3.05) is 79.2 Å². The Bertz CT molecular complexity index is 3310. The van der Waals surface area contributed by atoms with E-state index in [1.807, 2.05) is 107 Å². The monoisotopic (exact) mass is 1180 g/mol. The number of phenolic OH excluding ortho intramolecular Hbond substituents is 2. The summed E-state index contributed by atoms with van der Waals surface area (Å²) in [5.41, 5.74) is 10.6. The predicted molar refractivity (Wildman–Crippen MR) is 323 cm³/mol. The summed E-state index contributed by atoms with van der Waals surface area (Å²) < 4.78 is 34.6. The van der Waals surface area contributed by atoms with E-state index in [-0.39, 0.29) is 62.1 Å². The zero-order valence-electron chi connectivity index (χ0n) is 47.7. The number of rotatable bonds is 29. The third kappa shape index (κ3) is 17.5. The van der Waals surface area contributed by atoms with Crippen molar-refractivity contribution in [1.29, 1.82) is 0 Å². The van der Waals surface area contributed by atoms with Crippen LogP contribution in [0.25, 0.3) is 42.1 Å². The molecule has 84 heavy (non-hydrogen) atoms. The topological polar surface area (TPSA) is 249 Å². The maximum Gasteiger partial charge on any atom is 0.271 e. The van der Waals surface area contributed by atoms with Crippen LogP contribution in [0.2, 0.25) is 0 Å². The van der Waals surface area contributed by atoms with Crippen LogP contribution in [0, 0.1) is 12.3 Å². The molecule has 7 aromatic rings. The van der Waals surface area contributed by atoms with E-state index in [1.54, 1.807) is 77.4 Å². The Balaban J connectivity index is 0.630. The van der Waals surface area contributed by atoms with Crippen molar-refractivity contribution in [3.05, 3.63) is 143 Å². The zero-order chi connectivity index (χ0) is 59.6. The largest absolute Gasteiger partial charge is 0.508 e. The first-order valence-corrected chi connectivity index (χ1v) is 29.4. The number of β-amino-alcohol motifs (C(OH)–C–C–N with tert-alkyl or cyclic N) is 1. The van der Waals surface area contributed by atoms with Gasteiger partial charge in [-0.15, -0.1) is 22.7 Å². The van der Waals surface area contributed by atoms with E-state index in [0.29, 0.717) is 64.2 Å². The number of carbonyl (C=O) groups is 4. The molecule has 19 nitrogen and oxygen atoms in total. The lowest BCUT2D eigenvalue weighted by Gasteiger charge is -2.35. The maximum atomic E-state index is 14.0. The maximum absolute atomic E-state index is 14.0. The van der Waals surface area contributed by atoms with Gasteiger partial charge in [-0.3, -0.25) is 19.2 Å². The van der Waals surface area contributed by atoms with Crippen molar-refractivity contribution in [3.63, 3.8) is 0 Å². The lowest BCUT2D eigenvalue weighted by molar-refractivity contribution is -0.144. The zero-order valence-corrected chi connectivity index (χ0v) is 49.3. The lowest BCUT2D eigenvalue weighted by Crippen LogP contribution is -2.58. The van der Waals surface area contributed by atoms with Crippen LogP contribution in [-0.2, 0) is 38.1 Å². The molecule has 4 amide bonds. The number of hydrogen-bond acceptors (Lipinski definition) is 17. The third-order valence-electron chi connectivity index (χ3n) is 13.8. The number of nitrogens with one attached hydrogen (secondary N) is 3. The number of carbonyl (C=O) groups excluding carboxylic acids is 4. The van der Waals surface area contributed by atoms with Crippen molar-refractivity contribution in [2.45, 2.75) is 65.3 Å². The van der Waals surface area contributed by atoms with Gasteiger partial charge in [-0.2, -0.15) is 5.10 Å². The molecule has 4 atom stereocenters. The Morgan fingerprint density at radius 3 is 1.93 bits per heavy atom. The number of aliphatic hydroxyl groups is 1. The van der Waals surface area contributed by atoms with Gasteiger partial charge in [-0.1, -0.05) is 57.2 Å². The number of aryl methyl sites for hydroxylation is 1. The molecule has 0 unspecified atom stereocenters. The average molecular weight is 1190 g/mol. The van der Waals surface area contributed by atoms with Crippen LogP contribution in [0.15, 0.2) is 126 Å². The first-order chi connectivity index (χ1) is 40.5. The summed E-state index contributed by atoms with van der Waals surface area (Å²) >= 11 is 3.11. The summed E-state index contributed by atoms with van der Waals surface area (Å²) in [5, 5.41) is 41.5. The molecule has 21 heteroatoms. The number of likely N-dealkylation sites (tertiary alicyclic amines) is 1. The van der Waals surface area contributed by atoms with Crippen molar-refractivity contribution in [2.24, 2.45) is 10.5 Å². The minimum absolute atomic E-state index is 0.0309.